The zero-order chi connectivity index (χ0) is 18.4. The van der Waals surface area contributed by atoms with Crippen molar-refractivity contribution >= 4 is 6.03 Å². The van der Waals surface area contributed by atoms with Crippen molar-refractivity contribution in [1.29, 1.82) is 0 Å². The Morgan fingerprint density at radius 3 is 2.60 bits per heavy atom. The first-order chi connectivity index (χ1) is 11.9. The second kappa shape index (κ2) is 9.20. The molecule has 0 aliphatic carbocycles. The van der Waals surface area contributed by atoms with Crippen LogP contribution in [0.4, 0.5) is 4.79 Å². The number of piperidine rings is 1. The quantitative estimate of drug-likeness (QED) is 0.832. The van der Waals surface area contributed by atoms with Crippen molar-refractivity contribution < 1.29 is 9.90 Å². The minimum absolute atomic E-state index is 0.000603. The molecule has 1 aliphatic rings. The second-order valence-corrected chi connectivity index (χ2v) is 7.40. The van der Waals surface area contributed by atoms with Gasteiger partial charge in [0.05, 0.1) is 12.6 Å². The Morgan fingerprint density at radius 1 is 1.32 bits per heavy atom. The van der Waals surface area contributed by atoms with Crippen molar-refractivity contribution in [2.24, 2.45) is 5.92 Å². The van der Waals surface area contributed by atoms with Crippen LogP contribution in [0.2, 0.25) is 0 Å². The summed E-state index contributed by atoms with van der Waals surface area (Å²) in [6.07, 6.45) is 2.18. The number of likely N-dealkylation sites (tertiary alicyclic amines) is 1. The average molecular weight is 348 g/mol. The van der Waals surface area contributed by atoms with E-state index >= 15 is 0 Å². The van der Waals surface area contributed by atoms with Crippen molar-refractivity contribution in [2.45, 2.75) is 39.7 Å². The molecule has 0 unspecified atom stereocenters. The number of carbonyl (C=O) groups excluding carboxylic acids is 1. The predicted molar refractivity (Wildman–Crippen MR) is 102 cm³/mol. The Morgan fingerprint density at radius 2 is 2.00 bits per heavy atom. The van der Waals surface area contributed by atoms with Gasteiger partial charge in [0.1, 0.15) is 0 Å². The maximum absolute atomic E-state index is 12.5. The van der Waals surface area contributed by atoms with Crippen LogP contribution in [0.3, 0.4) is 0 Å². The number of carbonyl (C=O) groups is 1. The minimum atomic E-state index is -0.0106. The highest BCUT2D eigenvalue weighted by atomic mass is 16.3. The lowest BCUT2D eigenvalue weighted by Crippen LogP contribution is -2.44. The van der Waals surface area contributed by atoms with Gasteiger partial charge in [-0.2, -0.15) is 0 Å². The number of urea groups is 1. The van der Waals surface area contributed by atoms with Crippen molar-refractivity contribution in [3.8, 4) is 0 Å². The van der Waals surface area contributed by atoms with Crippen LogP contribution in [-0.4, -0.2) is 60.8 Å². The van der Waals surface area contributed by atoms with E-state index in [1.54, 1.807) is 0 Å². The third kappa shape index (κ3) is 5.72. The van der Waals surface area contributed by atoms with E-state index in [1.807, 2.05) is 18.9 Å². The molecule has 1 heterocycles. The molecule has 1 atom stereocenters. The van der Waals surface area contributed by atoms with E-state index in [4.69, 9.17) is 5.11 Å². The number of rotatable bonds is 6. The molecule has 0 saturated carbocycles. The lowest BCUT2D eigenvalue weighted by Gasteiger charge is -2.33. The summed E-state index contributed by atoms with van der Waals surface area (Å²) in [5.74, 6) is 0.544. The van der Waals surface area contributed by atoms with Gasteiger partial charge in [-0.1, -0.05) is 18.2 Å². The smallest absolute Gasteiger partial charge is 0.317 e. The summed E-state index contributed by atoms with van der Waals surface area (Å²) in [5.41, 5.74) is 3.66. The van der Waals surface area contributed by atoms with Crippen molar-refractivity contribution in [1.82, 2.24) is 15.1 Å². The molecular weight excluding hydrogens is 314 g/mol. The van der Waals surface area contributed by atoms with Gasteiger partial charge in [0.25, 0.3) is 0 Å². The van der Waals surface area contributed by atoms with E-state index in [0.717, 1.165) is 44.6 Å². The van der Waals surface area contributed by atoms with Crippen molar-refractivity contribution in [2.75, 3.05) is 39.8 Å². The van der Waals surface area contributed by atoms with E-state index in [1.165, 1.54) is 11.1 Å². The van der Waals surface area contributed by atoms with Gasteiger partial charge in [0.2, 0.25) is 0 Å². The Kier molecular flexibility index (Phi) is 7.26. The molecule has 1 aromatic rings. The van der Waals surface area contributed by atoms with Gasteiger partial charge in [-0.25, -0.2) is 4.79 Å². The molecule has 140 valence electrons. The van der Waals surface area contributed by atoms with E-state index in [-0.39, 0.29) is 18.7 Å². The van der Waals surface area contributed by atoms with Crippen LogP contribution in [-0.2, 0) is 0 Å². The Hall–Kier alpha value is -1.59. The van der Waals surface area contributed by atoms with E-state index in [9.17, 15) is 4.79 Å². The number of aliphatic hydroxyl groups excluding tert-OH is 1. The first kappa shape index (κ1) is 19.7. The van der Waals surface area contributed by atoms with Crippen molar-refractivity contribution in [3.05, 3.63) is 34.9 Å². The molecule has 5 heteroatoms. The Bertz CT molecular complexity index is 568. The monoisotopic (exact) mass is 347 g/mol. The number of β-amino-alcohol motifs (C(OH)–C–C–N with tert-alkyl or cyclic N) is 1. The zero-order valence-corrected chi connectivity index (χ0v) is 16.1. The zero-order valence-electron chi connectivity index (χ0n) is 16.1. The van der Waals surface area contributed by atoms with Crippen LogP contribution in [0.1, 0.15) is 42.5 Å². The number of benzene rings is 1. The molecular formula is C20H33N3O2. The first-order valence-corrected chi connectivity index (χ1v) is 9.32. The normalized spacial score (nSPS) is 17.3. The summed E-state index contributed by atoms with van der Waals surface area (Å²) >= 11 is 0. The molecule has 0 radical (unpaired) electrons. The van der Waals surface area contributed by atoms with Gasteiger partial charge in [-0.15, -0.1) is 0 Å². The van der Waals surface area contributed by atoms with Gasteiger partial charge in [-0.3, -0.25) is 0 Å². The van der Waals surface area contributed by atoms with Gasteiger partial charge in [-0.05, 0) is 69.3 Å². The topological polar surface area (TPSA) is 55.8 Å². The molecule has 5 nitrogen and oxygen atoms in total. The fraction of sp³-hybridized carbons (Fsp3) is 0.650. The standard InChI is InChI=1S/C20H33N3O2/c1-15-5-6-19(13-16(15)2)17(3)21-20(25)22(4)14-18-7-9-23(10-8-18)11-12-24/h5-6,13,17-18,24H,7-12,14H2,1-4H3,(H,21,25)/t17-/m1/s1. The number of hydrogen-bond donors (Lipinski definition) is 2. The number of hydrogen-bond acceptors (Lipinski definition) is 3. The summed E-state index contributed by atoms with van der Waals surface area (Å²) < 4.78 is 0. The van der Waals surface area contributed by atoms with Gasteiger partial charge in [0.15, 0.2) is 0 Å². The minimum Gasteiger partial charge on any atom is -0.395 e. The molecule has 0 spiro atoms. The number of nitrogens with zero attached hydrogens (tertiary/aromatic N) is 2. The molecule has 2 amide bonds. The molecule has 2 rings (SSSR count). The molecule has 1 aliphatic heterocycles. The molecule has 1 aromatic carbocycles. The second-order valence-electron chi connectivity index (χ2n) is 7.40. The number of aliphatic hydroxyl groups is 1. The molecule has 1 saturated heterocycles. The molecule has 1 fully saturated rings. The van der Waals surface area contributed by atoms with Crippen LogP contribution in [0.25, 0.3) is 0 Å². The average Bonchev–Trinajstić information content (AvgIpc) is 2.59. The molecule has 2 N–H and O–H groups in total. The highest BCUT2D eigenvalue weighted by Gasteiger charge is 2.22. The molecule has 0 aromatic heterocycles. The highest BCUT2D eigenvalue weighted by Crippen LogP contribution is 2.19. The summed E-state index contributed by atoms with van der Waals surface area (Å²) in [4.78, 5) is 16.6. The molecule has 0 bridgehead atoms. The third-order valence-electron chi connectivity index (χ3n) is 5.37. The fourth-order valence-electron chi connectivity index (χ4n) is 3.42. The number of aryl methyl sites for hydroxylation is 2. The SMILES string of the molecule is Cc1ccc([C@@H](C)NC(=O)N(C)CC2CCN(CCO)CC2)cc1C. The van der Waals surface area contributed by atoms with Gasteiger partial charge >= 0.3 is 6.03 Å². The van der Waals surface area contributed by atoms with Crippen molar-refractivity contribution in [3.63, 3.8) is 0 Å². The van der Waals surface area contributed by atoms with Crippen LogP contribution < -0.4 is 5.32 Å². The van der Waals surface area contributed by atoms with Crippen LogP contribution in [0, 0.1) is 19.8 Å². The first-order valence-electron chi connectivity index (χ1n) is 9.32. The van der Waals surface area contributed by atoms with Crippen LogP contribution in [0.5, 0.6) is 0 Å². The number of nitrogens with one attached hydrogen (secondary N) is 1. The van der Waals surface area contributed by atoms with E-state index < -0.39 is 0 Å². The largest absolute Gasteiger partial charge is 0.395 e. The maximum atomic E-state index is 12.5. The lowest BCUT2D eigenvalue weighted by molar-refractivity contribution is 0.132. The van der Waals surface area contributed by atoms with Crippen LogP contribution >= 0.6 is 0 Å². The predicted octanol–water partition coefficient (Wildman–Crippen LogP) is 2.71. The summed E-state index contributed by atoms with van der Waals surface area (Å²) in [5, 5.41) is 12.1. The summed E-state index contributed by atoms with van der Waals surface area (Å²) in [6, 6.07) is 6.34. The van der Waals surface area contributed by atoms with Gasteiger partial charge < -0.3 is 20.2 Å². The van der Waals surface area contributed by atoms with Gasteiger partial charge in [0, 0.05) is 20.1 Å². The fourth-order valence-corrected chi connectivity index (χ4v) is 3.42. The lowest BCUT2D eigenvalue weighted by atomic mass is 9.96. The maximum Gasteiger partial charge on any atom is 0.317 e. The highest BCUT2D eigenvalue weighted by molar-refractivity contribution is 5.74. The van der Waals surface area contributed by atoms with E-state index in [0.29, 0.717) is 5.92 Å². The van der Waals surface area contributed by atoms with Crippen LogP contribution in [0.15, 0.2) is 18.2 Å². The van der Waals surface area contributed by atoms with E-state index in [2.05, 4.69) is 42.3 Å². The molecule has 25 heavy (non-hydrogen) atoms. The Balaban J connectivity index is 1.80. The Labute approximate surface area is 152 Å². The number of amides is 2. The summed E-state index contributed by atoms with van der Waals surface area (Å²) in [6.45, 7) is 10.0. The third-order valence-corrected chi connectivity index (χ3v) is 5.37. The summed E-state index contributed by atoms with van der Waals surface area (Å²) in [7, 11) is 1.88.